The molecule has 0 aromatic heterocycles. The van der Waals surface area contributed by atoms with E-state index in [4.69, 9.17) is 14.5 Å². The smallest absolute Gasteiger partial charge is 0.446 e. The molecule has 0 fully saturated rings. The van der Waals surface area contributed by atoms with Crippen LogP contribution in [0.3, 0.4) is 0 Å². The summed E-state index contributed by atoms with van der Waals surface area (Å²) < 4.78 is 21.2. The molecule has 0 bridgehead atoms. The highest BCUT2D eigenvalue weighted by Crippen LogP contribution is 2.40. The Bertz CT molecular complexity index is 730. The van der Waals surface area contributed by atoms with Gasteiger partial charge in [-0.05, 0) is 12.8 Å². The molecule has 0 aliphatic carbocycles. The first-order chi connectivity index (χ1) is 12.4. The third-order valence-corrected chi connectivity index (χ3v) is 4.37. The average molecular weight is 376 g/mol. The molecular weight excluding hydrogens is 355 g/mol. The molecule has 6 nitrogen and oxygen atoms in total. The van der Waals surface area contributed by atoms with Crippen LogP contribution in [0.2, 0.25) is 0 Å². The van der Waals surface area contributed by atoms with Gasteiger partial charge < -0.3 is 14.5 Å². The van der Waals surface area contributed by atoms with Gasteiger partial charge in [0.15, 0.2) is 5.60 Å². The molecule has 2 rings (SSSR count). The summed E-state index contributed by atoms with van der Waals surface area (Å²) in [4.78, 5) is 29.8. The molecule has 7 heteroatoms. The molecule has 0 spiro atoms. The van der Waals surface area contributed by atoms with Crippen LogP contribution in [0.4, 0.5) is 0 Å². The molecule has 26 heavy (non-hydrogen) atoms. The van der Waals surface area contributed by atoms with Gasteiger partial charge in [0.25, 0.3) is 0 Å². The van der Waals surface area contributed by atoms with Crippen molar-refractivity contribution in [3.05, 3.63) is 84.4 Å². The summed E-state index contributed by atoms with van der Waals surface area (Å²) in [5, 5.41) is 0. The number of benzene rings is 2. The van der Waals surface area contributed by atoms with E-state index in [9.17, 15) is 9.36 Å². The van der Waals surface area contributed by atoms with Crippen LogP contribution in [-0.4, -0.2) is 22.4 Å². The summed E-state index contributed by atoms with van der Waals surface area (Å²) in [5.74, 6) is -0.589. The van der Waals surface area contributed by atoms with Crippen LogP contribution < -0.4 is 0 Å². The third-order valence-electron chi connectivity index (χ3n) is 3.85. The van der Waals surface area contributed by atoms with Crippen LogP contribution in [0.25, 0.3) is 0 Å². The predicted molar refractivity (Wildman–Crippen MR) is 97.2 cm³/mol. The molecule has 138 valence electrons. The highest BCUT2D eigenvalue weighted by Gasteiger charge is 2.37. The standard InChI is InChI=1S/C19H21O6P/c1-2-18(20)25-19(16-10-5-3-6-11-16,17-12-7-4-8-13-17)14-9-15-24-26(21,22)23/h2-8,10-13H,1,9,14-15H2,(H2,21,22,23). The number of hydrogen-bond acceptors (Lipinski definition) is 4. The topological polar surface area (TPSA) is 93.1 Å². The van der Waals surface area contributed by atoms with Crippen LogP contribution in [0.5, 0.6) is 0 Å². The van der Waals surface area contributed by atoms with Crippen molar-refractivity contribution in [3.63, 3.8) is 0 Å². The van der Waals surface area contributed by atoms with E-state index in [1.165, 1.54) is 0 Å². The molecule has 0 saturated carbocycles. The van der Waals surface area contributed by atoms with Crippen LogP contribution in [0.1, 0.15) is 24.0 Å². The summed E-state index contributed by atoms with van der Waals surface area (Å²) in [6, 6.07) is 18.4. The SMILES string of the molecule is C=CC(=O)OC(CCCOP(=O)(O)O)(c1ccccc1)c1ccccc1. The van der Waals surface area contributed by atoms with Gasteiger partial charge in [-0.3, -0.25) is 4.52 Å². The molecule has 2 aromatic rings. The minimum Gasteiger partial charge on any atom is -0.446 e. The third kappa shape index (κ3) is 5.38. The summed E-state index contributed by atoms with van der Waals surface area (Å²) >= 11 is 0. The zero-order valence-corrected chi connectivity index (χ0v) is 15.0. The van der Waals surface area contributed by atoms with Crippen molar-refractivity contribution in [3.8, 4) is 0 Å². The van der Waals surface area contributed by atoms with Crippen LogP contribution in [0.15, 0.2) is 73.3 Å². The number of hydrogen-bond donors (Lipinski definition) is 2. The molecule has 0 aliphatic rings. The number of phosphoric acid groups is 1. The Kier molecular flexibility index (Phi) is 6.89. The van der Waals surface area contributed by atoms with Crippen LogP contribution in [0, 0.1) is 0 Å². The lowest BCUT2D eigenvalue weighted by Gasteiger charge is -2.34. The second-order valence-electron chi connectivity index (χ2n) is 5.61. The predicted octanol–water partition coefficient (Wildman–Crippen LogP) is 3.55. The van der Waals surface area contributed by atoms with Crippen molar-refractivity contribution in [1.82, 2.24) is 0 Å². The van der Waals surface area contributed by atoms with E-state index in [2.05, 4.69) is 11.1 Å². The molecule has 0 saturated heterocycles. The van der Waals surface area contributed by atoms with Crippen molar-refractivity contribution in [1.29, 1.82) is 0 Å². The van der Waals surface area contributed by atoms with Crippen molar-refractivity contribution >= 4 is 13.8 Å². The second-order valence-corrected chi connectivity index (χ2v) is 6.85. The van der Waals surface area contributed by atoms with Crippen molar-refractivity contribution in [2.24, 2.45) is 0 Å². The number of esters is 1. The molecule has 0 radical (unpaired) electrons. The van der Waals surface area contributed by atoms with Gasteiger partial charge in [-0.15, -0.1) is 0 Å². The zero-order valence-electron chi connectivity index (χ0n) is 14.2. The number of carbonyl (C=O) groups is 1. The molecule has 0 unspecified atom stereocenters. The van der Waals surface area contributed by atoms with E-state index >= 15 is 0 Å². The highest BCUT2D eigenvalue weighted by atomic mass is 31.2. The van der Waals surface area contributed by atoms with Crippen molar-refractivity contribution < 1.29 is 28.4 Å². The Morgan fingerprint density at radius 3 is 1.96 bits per heavy atom. The first-order valence-electron chi connectivity index (χ1n) is 8.04. The van der Waals surface area contributed by atoms with E-state index in [0.29, 0.717) is 0 Å². The molecule has 0 amide bonds. The van der Waals surface area contributed by atoms with Gasteiger partial charge in [-0.25, -0.2) is 9.36 Å². The lowest BCUT2D eigenvalue weighted by molar-refractivity contribution is -0.151. The Hall–Kier alpha value is -2.24. The summed E-state index contributed by atoms with van der Waals surface area (Å²) in [6.07, 6.45) is 1.63. The Morgan fingerprint density at radius 1 is 1.04 bits per heavy atom. The number of carbonyl (C=O) groups excluding carboxylic acids is 1. The normalized spacial score (nSPS) is 11.8. The van der Waals surface area contributed by atoms with Crippen LogP contribution >= 0.6 is 7.82 Å². The fraction of sp³-hybridized carbons (Fsp3) is 0.211. The van der Waals surface area contributed by atoms with Crippen LogP contribution in [-0.2, 0) is 24.2 Å². The van der Waals surface area contributed by atoms with Gasteiger partial charge in [0.2, 0.25) is 0 Å². The largest absolute Gasteiger partial charge is 0.469 e. The first-order valence-corrected chi connectivity index (χ1v) is 9.57. The highest BCUT2D eigenvalue weighted by molar-refractivity contribution is 7.46. The Morgan fingerprint density at radius 2 is 1.54 bits per heavy atom. The fourth-order valence-electron chi connectivity index (χ4n) is 2.76. The summed E-state index contributed by atoms with van der Waals surface area (Å²) in [6.45, 7) is 3.29. The number of ether oxygens (including phenoxy) is 1. The van der Waals surface area contributed by atoms with Crippen molar-refractivity contribution in [2.75, 3.05) is 6.61 Å². The Balaban J connectivity index is 2.41. The van der Waals surface area contributed by atoms with Gasteiger partial charge in [-0.2, -0.15) is 0 Å². The van der Waals surface area contributed by atoms with E-state index in [1.54, 1.807) is 0 Å². The summed E-state index contributed by atoms with van der Waals surface area (Å²) in [5.41, 5.74) is 0.377. The lowest BCUT2D eigenvalue weighted by atomic mass is 9.82. The fourth-order valence-corrected chi connectivity index (χ4v) is 3.12. The minimum absolute atomic E-state index is 0.169. The van der Waals surface area contributed by atoms with E-state index < -0.39 is 19.4 Å². The van der Waals surface area contributed by atoms with E-state index in [-0.39, 0.29) is 19.4 Å². The number of phosphoric ester groups is 1. The first kappa shape index (κ1) is 20.1. The molecule has 2 aromatic carbocycles. The lowest BCUT2D eigenvalue weighted by Crippen LogP contribution is -2.34. The quantitative estimate of drug-likeness (QED) is 0.301. The van der Waals surface area contributed by atoms with Gasteiger partial charge in [0.05, 0.1) is 6.61 Å². The Labute approximate surface area is 152 Å². The van der Waals surface area contributed by atoms with Gasteiger partial charge >= 0.3 is 13.8 Å². The molecular formula is C19H21O6P. The number of rotatable bonds is 9. The van der Waals surface area contributed by atoms with E-state index in [0.717, 1.165) is 17.2 Å². The molecule has 0 aliphatic heterocycles. The summed E-state index contributed by atoms with van der Waals surface area (Å²) in [7, 11) is -4.55. The average Bonchev–Trinajstić information content (AvgIpc) is 2.64. The van der Waals surface area contributed by atoms with Gasteiger partial charge in [0, 0.05) is 17.2 Å². The van der Waals surface area contributed by atoms with E-state index in [1.807, 2.05) is 60.7 Å². The molecule has 2 N–H and O–H groups in total. The van der Waals surface area contributed by atoms with Crippen molar-refractivity contribution in [2.45, 2.75) is 18.4 Å². The maximum Gasteiger partial charge on any atom is 0.469 e. The minimum atomic E-state index is -4.55. The van der Waals surface area contributed by atoms with Gasteiger partial charge in [0.1, 0.15) is 0 Å². The monoisotopic (exact) mass is 376 g/mol. The zero-order chi connectivity index (χ0) is 19.0. The maximum atomic E-state index is 12.1. The van der Waals surface area contributed by atoms with Gasteiger partial charge in [-0.1, -0.05) is 67.2 Å². The maximum absolute atomic E-state index is 12.1. The second kappa shape index (κ2) is 8.92. The molecule has 0 heterocycles. The molecule has 0 atom stereocenters.